The summed E-state index contributed by atoms with van der Waals surface area (Å²) < 4.78 is 51.5. The summed E-state index contributed by atoms with van der Waals surface area (Å²) in [6, 6.07) is 3.22. The van der Waals surface area contributed by atoms with Gasteiger partial charge in [-0.1, -0.05) is 11.8 Å². The van der Waals surface area contributed by atoms with Gasteiger partial charge < -0.3 is 14.8 Å². The Morgan fingerprint density at radius 3 is 2.48 bits per heavy atom. The fraction of sp³-hybridized carbons (Fsp3) is 0.393. The lowest BCUT2D eigenvalue weighted by Gasteiger charge is -2.19. The number of hydrogen-bond acceptors (Lipinski definition) is 9. The number of amides is 1. The van der Waals surface area contributed by atoms with Crippen LogP contribution in [0.25, 0.3) is 10.9 Å². The Kier molecular flexibility index (Phi) is 10.1. The summed E-state index contributed by atoms with van der Waals surface area (Å²) in [5.41, 5.74) is -0.994. The molecule has 0 aliphatic carbocycles. The number of nitrogens with one attached hydrogen (secondary N) is 1. The van der Waals surface area contributed by atoms with Gasteiger partial charge in [0.2, 0.25) is 5.91 Å². The van der Waals surface area contributed by atoms with E-state index in [0.717, 1.165) is 17.2 Å². The van der Waals surface area contributed by atoms with E-state index in [2.05, 4.69) is 27.1 Å². The molecule has 1 aromatic heterocycles. The Bertz CT molecular complexity index is 1550. The molecular formula is C28H30F3N5O6. The highest BCUT2D eigenvalue weighted by Crippen LogP contribution is 2.40. The van der Waals surface area contributed by atoms with Crippen LogP contribution < -0.4 is 14.8 Å². The number of alkyl halides is 3. The van der Waals surface area contributed by atoms with E-state index in [0.29, 0.717) is 52.7 Å². The van der Waals surface area contributed by atoms with Crippen LogP contribution in [0.15, 0.2) is 24.3 Å². The van der Waals surface area contributed by atoms with Crippen molar-refractivity contribution in [3.05, 3.63) is 56.9 Å². The monoisotopic (exact) mass is 589 g/mol. The summed E-state index contributed by atoms with van der Waals surface area (Å²) in [7, 11) is 5.80. The number of hydrogen-bond donors (Lipinski definition) is 1. The molecule has 0 aliphatic rings. The zero-order valence-corrected chi connectivity index (χ0v) is 23.9. The minimum atomic E-state index is -4.77. The SMILES string of the molecule is COc1cc2c(N[C@H](C)c3cc([N+](=O)[O-])cc(C(F)(F)F)c3)nc(C)nc2c(C#CCCCC(=O)N(C)OC)c1OC. The summed E-state index contributed by atoms with van der Waals surface area (Å²) in [4.78, 5) is 36.3. The molecule has 0 saturated heterocycles. The second-order valence-electron chi connectivity index (χ2n) is 9.17. The first-order valence-electron chi connectivity index (χ1n) is 12.7. The van der Waals surface area contributed by atoms with Crippen LogP contribution in [0.3, 0.4) is 0 Å². The van der Waals surface area contributed by atoms with Crippen molar-refractivity contribution in [2.75, 3.05) is 33.7 Å². The molecule has 2 aromatic carbocycles. The Balaban J connectivity index is 2.06. The number of ether oxygens (including phenoxy) is 2. The van der Waals surface area contributed by atoms with Crippen molar-refractivity contribution >= 4 is 28.3 Å². The largest absolute Gasteiger partial charge is 0.493 e. The quantitative estimate of drug-likeness (QED) is 0.139. The second kappa shape index (κ2) is 13.3. The van der Waals surface area contributed by atoms with Gasteiger partial charge in [0.05, 0.1) is 48.9 Å². The molecule has 0 spiro atoms. The maximum absolute atomic E-state index is 13.5. The lowest BCUT2D eigenvalue weighted by atomic mass is 10.0. The first-order valence-corrected chi connectivity index (χ1v) is 12.7. The van der Waals surface area contributed by atoms with Gasteiger partial charge in [-0.05, 0) is 38.0 Å². The average molecular weight is 590 g/mol. The molecule has 0 unspecified atom stereocenters. The summed E-state index contributed by atoms with van der Waals surface area (Å²) >= 11 is 0. The molecule has 0 aliphatic heterocycles. The predicted octanol–water partition coefficient (Wildman–Crippen LogP) is 5.60. The number of halogens is 3. The molecule has 0 saturated carbocycles. The average Bonchev–Trinajstić information content (AvgIpc) is 2.95. The van der Waals surface area contributed by atoms with Crippen LogP contribution in [0, 0.1) is 28.9 Å². The number of nitro groups is 1. The van der Waals surface area contributed by atoms with Crippen LogP contribution in [0.2, 0.25) is 0 Å². The van der Waals surface area contributed by atoms with Crippen molar-refractivity contribution in [2.24, 2.45) is 0 Å². The third kappa shape index (κ3) is 7.35. The normalized spacial score (nSPS) is 11.8. The molecule has 0 fully saturated rings. The highest BCUT2D eigenvalue weighted by molar-refractivity contribution is 5.96. The lowest BCUT2D eigenvalue weighted by Crippen LogP contribution is -2.24. The van der Waals surface area contributed by atoms with Crippen molar-refractivity contribution in [1.82, 2.24) is 15.0 Å². The van der Waals surface area contributed by atoms with Crippen molar-refractivity contribution in [3.8, 4) is 23.3 Å². The number of anilines is 1. The fourth-order valence-electron chi connectivity index (χ4n) is 4.10. The first-order chi connectivity index (χ1) is 19.8. The number of benzene rings is 2. The molecule has 3 rings (SSSR count). The van der Waals surface area contributed by atoms with E-state index < -0.39 is 28.4 Å². The topological polar surface area (TPSA) is 129 Å². The van der Waals surface area contributed by atoms with Gasteiger partial charge in [0.1, 0.15) is 11.6 Å². The Morgan fingerprint density at radius 2 is 1.88 bits per heavy atom. The summed E-state index contributed by atoms with van der Waals surface area (Å²) in [6.45, 7) is 3.20. The highest BCUT2D eigenvalue weighted by Gasteiger charge is 2.33. The summed E-state index contributed by atoms with van der Waals surface area (Å²) in [6.07, 6.45) is -3.68. The molecular weight excluding hydrogens is 559 g/mol. The minimum Gasteiger partial charge on any atom is -0.493 e. The number of methoxy groups -OCH3 is 2. The van der Waals surface area contributed by atoms with Crippen molar-refractivity contribution in [1.29, 1.82) is 0 Å². The molecule has 0 radical (unpaired) electrons. The highest BCUT2D eigenvalue weighted by atomic mass is 19.4. The van der Waals surface area contributed by atoms with Gasteiger partial charge in [0.15, 0.2) is 11.5 Å². The fourth-order valence-corrected chi connectivity index (χ4v) is 4.10. The number of aromatic nitrogens is 2. The van der Waals surface area contributed by atoms with Gasteiger partial charge >= 0.3 is 6.18 Å². The van der Waals surface area contributed by atoms with Crippen molar-refractivity contribution < 1.29 is 37.2 Å². The van der Waals surface area contributed by atoms with Crippen molar-refractivity contribution in [3.63, 3.8) is 0 Å². The van der Waals surface area contributed by atoms with Gasteiger partial charge in [-0.3, -0.25) is 19.7 Å². The molecule has 224 valence electrons. The van der Waals surface area contributed by atoms with Crippen molar-refractivity contribution in [2.45, 2.75) is 45.3 Å². The summed E-state index contributed by atoms with van der Waals surface area (Å²) in [5, 5.41) is 16.0. The van der Waals surface area contributed by atoms with Gasteiger partial charge in [-0.2, -0.15) is 13.2 Å². The summed E-state index contributed by atoms with van der Waals surface area (Å²) in [5.74, 6) is 7.10. The van der Waals surface area contributed by atoms with E-state index in [-0.39, 0.29) is 23.7 Å². The van der Waals surface area contributed by atoms with Crippen LogP contribution in [-0.4, -0.2) is 54.2 Å². The second-order valence-corrected chi connectivity index (χ2v) is 9.17. The maximum Gasteiger partial charge on any atom is 0.416 e. The zero-order valence-electron chi connectivity index (χ0n) is 23.9. The number of nitrogens with zero attached hydrogens (tertiary/aromatic N) is 4. The van der Waals surface area contributed by atoms with Crippen LogP contribution in [0.4, 0.5) is 24.7 Å². The Hall–Kier alpha value is -4.64. The molecule has 1 heterocycles. The number of aryl methyl sites for hydroxylation is 1. The van der Waals surface area contributed by atoms with Crippen LogP contribution in [0.1, 0.15) is 54.7 Å². The Morgan fingerprint density at radius 1 is 1.17 bits per heavy atom. The number of rotatable bonds is 10. The van der Waals surface area contributed by atoms with Crippen LogP contribution in [-0.2, 0) is 15.8 Å². The number of carbonyl (C=O) groups excluding carboxylic acids is 1. The number of fused-ring (bicyclic) bond motifs is 1. The third-order valence-electron chi connectivity index (χ3n) is 6.31. The molecule has 42 heavy (non-hydrogen) atoms. The maximum atomic E-state index is 13.5. The van der Waals surface area contributed by atoms with Gasteiger partial charge in [-0.25, -0.2) is 15.0 Å². The van der Waals surface area contributed by atoms with E-state index >= 15 is 0 Å². The molecule has 14 heteroatoms. The number of nitro benzene ring substituents is 1. The first kappa shape index (κ1) is 31.9. The smallest absolute Gasteiger partial charge is 0.416 e. The standard InChI is InChI=1S/C28H30F3N5O6/c1-16(18-12-19(28(29,30)31)14-20(13-18)36(38)39)32-27-22-15-23(40-4)26(41-5)21(25(22)33-17(2)34-27)10-8-7-9-11-24(37)35(3)42-6/h12-16H,7,9,11H2,1-6H3,(H,32,33,34)/t16-/m1/s1. The number of unbranched alkanes of at least 4 members (excludes halogenated alkanes) is 1. The Labute approximate surface area is 240 Å². The van der Waals surface area contributed by atoms with Gasteiger partial charge in [0.25, 0.3) is 5.69 Å². The molecule has 1 N–H and O–H groups in total. The predicted molar refractivity (Wildman–Crippen MR) is 148 cm³/mol. The van der Waals surface area contributed by atoms with E-state index in [1.165, 1.54) is 28.4 Å². The van der Waals surface area contributed by atoms with E-state index in [9.17, 15) is 28.1 Å². The third-order valence-corrected chi connectivity index (χ3v) is 6.31. The number of carbonyl (C=O) groups is 1. The van der Waals surface area contributed by atoms with E-state index in [1.807, 2.05) is 0 Å². The van der Waals surface area contributed by atoms with Crippen LogP contribution in [0.5, 0.6) is 11.5 Å². The number of non-ortho nitro benzene ring substituents is 1. The number of hydroxylamine groups is 2. The van der Waals surface area contributed by atoms with Gasteiger partial charge in [-0.15, -0.1) is 0 Å². The van der Waals surface area contributed by atoms with E-state index in [4.69, 9.17) is 14.3 Å². The van der Waals surface area contributed by atoms with Gasteiger partial charge in [0, 0.05) is 37.4 Å². The minimum absolute atomic E-state index is 0.0371. The molecule has 0 bridgehead atoms. The van der Waals surface area contributed by atoms with Crippen LogP contribution >= 0.6 is 0 Å². The molecule has 11 nitrogen and oxygen atoms in total. The lowest BCUT2D eigenvalue weighted by molar-refractivity contribution is -0.385. The molecule has 1 amide bonds. The zero-order chi connectivity index (χ0) is 31.2. The molecule has 3 aromatic rings. The molecule has 1 atom stereocenters. The van der Waals surface area contributed by atoms with E-state index in [1.54, 1.807) is 19.9 Å².